The topological polar surface area (TPSA) is 47.6 Å². The molecule has 1 aliphatic heterocycles. The number of nitrogens with one attached hydrogen (secondary N) is 1. The number of ether oxygens (including phenoxy) is 2. The lowest BCUT2D eigenvalue weighted by Crippen LogP contribution is -2.35. The summed E-state index contributed by atoms with van der Waals surface area (Å²) in [4.78, 5) is 11.7. The van der Waals surface area contributed by atoms with E-state index in [4.69, 9.17) is 9.47 Å². The third kappa shape index (κ3) is 4.56. The molecule has 116 valence electrons. The van der Waals surface area contributed by atoms with Gasteiger partial charge in [-0.1, -0.05) is 19.1 Å². The van der Waals surface area contributed by atoms with Gasteiger partial charge in [0.15, 0.2) is 11.5 Å². The molecule has 0 bridgehead atoms. The molecule has 1 aromatic carbocycles. The minimum atomic E-state index is 0.116. The first-order valence-corrected chi connectivity index (χ1v) is 8.53. The fourth-order valence-electron chi connectivity index (χ4n) is 2.37. The quantitative estimate of drug-likeness (QED) is 0.786. The summed E-state index contributed by atoms with van der Waals surface area (Å²) in [6.07, 6.45) is 2.02. The molecular weight excluding hydrogens is 286 g/mol. The molecule has 1 amide bonds. The molecule has 1 heterocycles. The number of rotatable bonds is 7. The minimum absolute atomic E-state index is 0.116. The molecular formula is C16H23NO3S. The zero-order valence-electron chi connectivity index (χ0n) is 12.7. The lowest BCUT2D eigenvalue weighted by atomic mass is 9.96. The predicted octanol–water partition coefficient (Wildman–Crippen LogP) is 2.51. The number of para-hydroxylation sites is 1. The highest BCUT2D eigenvalue weighted by Crippen LogP contribution is 2.35. The maximum atomic E-state index is 11.7. The highest BCUT2D eigenvalue weighted by molar-refractivity contribution is 7.99. The number of hydrogen-bond acceptors (Lipinski definition) is 4. The zero-order valence-corrected chi connectivity index (χ0v) is 13.5. The van der Waals surface area contributed by atoms with E-state index >= 15 is 0 Å². The molecule has 0 saturated heterocycles. The van der Waals surface area contributed by atoms with Crippen molar-refractivity contribution in [2.75, 3.05) is 31.8 Å². The fraction of sp³-hybridized carbons (Fsp3) is 0.562. The van der Waals surface area contributed by atoms with E-state index in [1.807, 2.05) is 12.1 Å². The summed E-state index contributed by atoms with van der Waals surface area (Å²) in [5.74, 6) is 3.65. The van der Waals surface area contributed by atoms with Crippen molar-refractivity contribution in [2.45, 2.75) is 19.8 Å². The second kappa shape index (κ2) is 8.17. The number of thioether (sulfide) groups is 1. The minimum Gasteiger partial charge on any atom is -0.493 e. The number of hydrogen-bond donors (Lipinski definition) is 1. The first kappa shape index (κ1) is 16.0. The summed E-state index contributed by atoms with van der Waals surface area (Å²) in [6, 6.07) is 5.94. The molecule has 1 aromatic rings. The molecule has 5 heteroatoms. The third-order valence-corrected chi connectivity index (χ3v) is 4.59. The summed E-state index contributed by atoms with van der Waals surface area (Å²) in [5, 5.41) is 3.00. The maximum absolute atomic E-state index is 11.7. The molecule has 2 rings (SSSR count). The zero-order chi connectivity index (χ0) is 15.1. The van der Waals surface area contributed by atoms with Crippen molar-refractivity contribution in [3.05, 3.63) is 23.8 Å². The van der Waals surface area contributed by atoms with E-state index in [1.165, 1.54) is 0 Å². The van der Waals surface area contributed by atoms with Gasteiger partial charge in [0.05, 0.1) is 19.5 Å². The van der Waals surface area contributed by atoms with Crippen LogP contribution in [0.15, 0.2) is 18.2 Å². The summed E-state index contributed by atoms with van der Waals surface area (Å²) in [7, 11) is 1.65. The Hall–Kier alpha value is -1.36. The van der Waals surface area contributed by atoms with Crippen molar-refractivity contribution in [2.24, 2.45) is 5.92 Å². The number of carbonyl (C=O) groups is 1. The first-order valence-electron chi connectivity index (χ1n) is 7.37. The van der Waals surface area contributed by atoms with Crippen LogP contribution in [0.5, 0.6) is 11.5 Å². The highest BCUT2D eigenvalue weighted by Gasteiger charge is 2.22. The van der Waals surface area contributed by atoms with Gasteiger partial charge in [0, 0.05) is 12.5 Å². The summed E-state index contributed by atoms with van der Waals surface area (Å²) < 4.78 is 11.1. The fourth-order valence-corrected chi connectivity index (χ4v) is 3.09. The lowest BCUT2D eigenvalue weighted by molar-refractivity contribution is -0.118. The largest absolute Gasteiger partial charge is 0.493 e. The molecule has 1 atom stereocenters. The Labute approximate surface area is 130 Å². The van der Waals surface area contributed by atoms with Crippen LogP contribution in [0.2, 0.25) is 0 Å². The molecule has 21 heavy (non-hydrogen) atoms. The third-order valence-electron chi connectivity index (χ3n) is 3.42. The lowest BCUT2D eigenvalue weighted by Gasteiger charge is -2.26. The van der Waals surface area contributed by atoms with E-state index < -0.39 is 0 Å². The van der Waals surface area contributed by atoms with E-state index in [0.29, 0.717) is 24.8 Å². The van der Waals surface area contributed by atoms with Gasteiger partial charge in [0.1, 0.15) is 0 Å². The van der Waals surface area contributed by atoms with Crippen LogP contribution < -0.4 is 14.8 Å². The number of carbonyl (C=O) groups excluding carboxylic acids is 1. The maximum Gasteiger partial charge on any atom is 0.230 e. The highest BCUT2D eigenvalue weighted by atomic mass is 32.2. The summed E-state index contributed by atoms with van der Waals surface area (Å²) in [6.45, 7) is 3.41. The van der Waals surface area contributed by atoms with Gasteiger partial charge in [0.2, 0.25) is 5.91 Å². The second-order valence-electron chi connectivity index (χ2n) is 5.19. The van der Waals surface area contributed by atoms with E-state index in [9.17, 15) is 4.79 Å². The van der Waals surface area contributed by atoms with E-state index in [-0.39, 0.29) is 5.91 Å². The van der Waals surface area contributed by atoms with Crippen molar-refractivity contribution < 1.29 is 14.3 Å². The Kier molecular flexibility index (Phi) is 6.23. The van der Waals surface area contributed by atoms with Crippen molar-refractivity contribution in [3.8, 4) is 11.5 Å². The summed E-state index contributed by atoms with van der Waals surface area (Å²) in [5.41, 5.74) is 1.15. The van der Waals surface area contributed by atoms with Crippen molar-refractivity contribution in [1.82, 2.24) is 5.32 Å². The van der Waals surface area contributed by atoms with Crippen molar-refractivity contribution in [1.29, 1.82) is 0 Å². The van der Waals surface area contributed by atoms with Crippen LogP contribution in [0.4, 0.5) is 0 Å². The molecule has 0 radical (unpaired) electrons. The van der Waals surface area contributed by atoms with Crippen LogP contribution in [0, 0.1) is 5.92 Å². The van der Waals surface area contributed by atoms with Gasteiger partial charge >= 0.3 is 0 Å². The van der Waals surface area contributed by atoms with Crippen LogP contribution in [-0.4, -0.2) is 37.7 Å². The standard InChI is InChI=1S/C16H23NO3S/c1-3-7-21-11-15(18)17-9-12-8-13-5-4-6-14(19-2)16(13)20-10-12/h4-6,12H,3,7-11H2,1-2H3,(H,17,18)/t12-/m1/s1. The van der Waals surface area contributed by atoms with Crippen LogP contribution in [0.3, 0.4) is 0 Å². The molecule has 1 aliphatic rings. The smallest absolute Gasteiger partial charge is 0.230 e. The molecule has 0 fully saturated rings. The Morgan fingerprint density at radius 2 is 2.38 bits per heavy atom. The number of benzene rings is 1. The number of fused-ring (bicyclic) bond motifs is 1. The van der Waals surface area contributed by atoms with Gasteiger partial charge in [-0.3, -0.25) is 4.79 Å². The summed E-state index contributed by atoms with van der Waals surface area (Å²) >= 11 is 1.68. The molecule has 1 N–H and O–H groups in total. The molecule has 0 saturated carbocycles. The monoisotopic (exact) mass is 309 g/mol. The average molecular weight is 309 g/mol. The van der Waals surface area contributed by atoms with Gasteiger partial charge in [-0.25, -0.2) is 0 Å². The van der Waals surface area contributed by atoms with Crippen LogP contribution in [0.25, 0.3) is 0 Å². The second-order valence-corrected chi connectivity index (χ2v) is 6.29. The van der Waals surface area contributed by atoms with Gasteiger partial charge in [-0.15, -0.1) is 0 Å². The normalized spacial score (nSPS) is 16.8. The van der Waals surface area contributed by atoms with Crippen LogP contribution >= 0.6 is 11.8 Å². The van der Waals surface area contributed by atoms with Crippen molar-refractivity contribution in [3.63, 3.8) is 0 Å². The molecule has 0 aliphatic carbocycles. The van der Waals surface area contributed by atoms with Gasteiger partial charge in [-0.05, 0) is 30.2 Å². The number of amides is 1. The Morgan fingerprint density at radius 3 is 3.14 bits per heavy atom. The number of methoxy groups -OCH3 is 1. The first-order chi connectivity index (χ1) is 10.2. The Balaban J connectivity index is 1.81. The predicted molar refractivity (Wildman–Crippen MR) is 86.3 cm³/mol. The van der Waals surface area contributed by atoms with E-state index in [1.54, 1.807) is 18.9 Å². The molecule has 0 spiro atoms. The Morgan fingerprint density at radius 1 is 1.52 bits per heavy atom. The van der Waals surface area contributed by atoms with E-state index in [0.717, 1.165) is 35.7 Å². The average Bonchev–Trinajstić information content (AvgIpc) is 2.52. The molecule has 0 aromatic heterocycles. The van der Waals surface area contributed by atoms with Gasteiger partial charge in [-0.2, -0.15) is 11.8 Å². The van der Waals surface area contributed by atoms with Gasteiger partial charge in [0.25, 0.3) is 0 Å². The van der Waals surface area contributed by atoms with Crippen LogP contribution in [-0.2, 0) is 11.2 Å². The molecule has 4 nitrogen and oxygen atoms in total. The van der Waals surface area contributed by atoms with Crippen LogP contribution in [0.1, 0.15) is 18.9 Å². The van der Waals surface area contributed by atoms with Gasteiger partial charge < -0.3 is 14.8 Å². The van der Waals surface area contributed by atoms with E-state index in [2.05, 4.69) is 18.3 Å². The molecule has 0 unspecified atom stereocenters. The Bertz CT molecular complexity index is 479. The van der Waals surface area contributed by atoms with Crippen molar-refractivity contribution >= 4 is 17.7 Å². The SMILES string of the molecule is CCCSCC(=O)NC[C@@H]1COc2c(cccc2OC)C1.